The van der Waals surface area contributed by atoms with E-state index in [4.69, 9.17) is 35.7 Å². The molecule has 0 bridgehead atoms. The Morgan fingerprint density at radius 1 is 0.690 bits per heavy atom. The summed E-state index contributed by atoms with van der Waals surface area (Å²) in [5.74, 6) is -8.84. The zero-order valence-corrected chi connectivity index (χ0v) is 31.6. The fourth-order valence-electron chi connectivity index (χ4n) is 5.07. The van der Waals surface area contributed by atoms with E-state index in [1.165, 1.54) is 24.3 Å². The Morgan fingerprint density at radius 3 is 1.69 bits per heavy atom. The Bertz CT molecular complexity index is 1730. The number of nitrogens with one attached hydrogen (secondary N) is 4. The summed E-state index contributed by atoms with van der Waals surface area (Å²) in [4.78, 5) is 127. The average molecular weight is 818 g/mol. The minimum atomic E-state index is -2.00. The molecule has 0 spiro atoms. The van der Waals surface area contributed by atoms with Crippen LogP contribution in [0.25, 0.3) is 0 Å². The highest BCUT2D eigenvalue weighted by molar-refractivity contribution is 6.20. The molecular formula is C36H47N7O15. The van der Waals surface area contributed by atoms with Gasteiger partial charge in [-0.3, -0.25) is 57.7 Å². The molecule has 0 aromatic heterocycles. The van der Waals surface area contributed by atoms with E-state index in [-0.39, 0.29) is 41.4 Å². The SMILES string of the molecule is CC(C)C[C@@H](ONC(=O)[C@@H](CO)ONC(=O)[C@@H](Cc1ccccc1)ONC(=O)[C@@H](CC(=O)O)ON1C(=O)c2ccccc2C1=O)C(=O)NO[C@H](CCCCN)C(N)=O. The number of imide groups is 1. The van der Waals surface area contributed by atoms with Crippen LogP contribution in [0.2, 0.25) is 0 Å². The van der Waals surface area contributed by atoms with Crippen molar-refractivity contribution in [3.8, 4) is 0 Å². The van der Waals surface area contributed by atoms with Crippen LogP contribution < -0.4 is 33.4 Å². The number of rotatable bonds is 26. The predicted molar refractivity (Wildman–Crippen MR) is 195 cm³/mol. The molecule has 22 heteroatoms. The number of amides is 7. The highest BCUT2D eigenvalue weighted by Gasteiger charge is 2.40. The monoisotopic (exact) mass is 817 g/mol. The van der Waals surface area contributed by atoms with Gasteiger partial charge in [0.05, 0.1) is 24.2 Å². The van der Waals surface area contributed by atoms with E-state index in [9.17, 15) is 48.6 Å². The molecule has 22 nitrogen and oxygen atoms in total. The molecule has 0 aliphatic carbocycles. The number of carboxylic acids is 1. The molecule has 2 aromatic rings. The summed E-state index contributed by atoms with van der Waals surface area (Å²) in [5, 5.41) is 19.5. The minimum absolute atomic E-state index is 0.0326. The van der Waals surface area contributed by atoms with Crippen molar-refractivity contribution < 1.29 is 72.8 Å². The zero-order chi connectivity index (χ0) is 42.8. The summed E-state index contributed by atoms with van der Waals surface area (Å²) in [7, 11) is 0. The van der Waals surface area contributed by atoms with Gasteiger partial charge in [0.15, 0.2) is 30.5 Å². The van der Waals surface area contributed by atoms with Crippen molar-refractivity contribution in [1.82, 2.24) is 27.0 Å². The van der Waals surface area contributed by atoms with Crippen LogP contribution in [-0.2, 0) is 59.4 Å². The third-order valence-corrected chi connectivity index (χ3v) is 8.08. The molecule has 5 atom stereocenters. The number of primary amides is 1. The van der Waals surface area contributed by atoms with Gasteiger partial charge in [-0.25, -0.2) is 26.8 Å². The number of nitrogens with zero attached hydrogens (tertiary/aromatic N) is 1. The van der Waals surface area contributed by atoms with Crippen LogP contribution in [-0.4, -0.2) is 106 Å². The molecule has 7 amide bonds. The van der Waals surface area contributed by atoms with E-state index in [1.54, 1.807) is 44.2 Å². The van der Waals surface area contributed by atoms with Gasteiger partial charge in [0, 0.05) is 6.42 Å². The van der Waals surface area contributed by atoms with Crippen LogP contribution in [0.3, 0.4) is 0 Å². The number of carboxylic acid groups (broad SMARTS) is 1. The van der Waals surface area contributed by atoms with Gasteiger partial charge in [-0.05, 0) is 55.8 Å². The molecule has 10 N–H and O–H groups in total. The first-order valence-corrected chi connectivity index (χ1v) is 18.0. The van der Waals surface area contributed by atoms with E-state index in [0.717, 1.165) is 0 Å². The van der Waals surface area contributed by atoms with Gasteiger partial charge in [0.25, 0.3) is 35.4 Å². The first-order chi connectivity index (χ1) is 27.7. The number of nitrogens with two attached hydrogens (primary N) is 2. The van der Waals surface area contributed by atoms with Crippen molar-refractivity contribution in [2.45, 2.75) is 82.9 Å². The molecule has 0 unspecified atom stereocenters. The molecule has 1 heterocycles. The van der Waals surface area contributed by atoms with Gasteiger partial charge in [-0.1, -0.05) is 56.3 Å². The fourth-order valence-corrected chi connectivity index (χ4v) is 5.07. The molecule has 58 heavy (non-hydrogen) atoms. The second kappa shape index (κ2) is 23.4. The van der Waals surface area contributed by atoms with E-state index < -0.39 is 90.9 Å². The Labute approximate surface area is 331 Å². The lowest BCUT2D eigenvalue weighted by atomic mass is 10.1. The van der Waals surface area contributed by atoms with Crippen LogP contribution in [0.1, 0.15) is 72.2 Å². The Hall–Kier alpha value is -5.88. The van der Waals surface area contributed by atoms with E-state index in [1.807, 2.05) is 16.4 Å². The average Bonchev–Trinajstić information content (AvgIpc) is 3.43. The number of carbonyl (C=O) groups is 8. The molecule has 0 fully saturated rings. The molecule has 316 valence electrons. The number of hydroxylamine groups is 6. The maximum atomic E-state index is 13.3. The van der Waals surface area contributed by atoms with Gasteiger partial charge in [-0.15, -0.1) is 5.06 Å². The van der Waals surface area contributed by atoms with E-state index in [2.05, 4.69) is 5.48 Å². The number of carbonyl (C=O) groups excluding carboxylic acids is 7. The topological polar surface area (TPSA) is 327 Å². The number of hydrogen-bond donors (Lipinski definition) is 8. The van der Waals surface area contributed by atoms with Gasteiger partial charge in [0.2, 0.25) is 5.91 Å². The van der Waals surface area contributed by atoms with Crippen molar-refractivity contribution in [1.29, 1.82) is 0 Å². The van der Waals surface area contributed by atoms with Crippen molar-refractivity contribution in [3.63, 3.8) is 0 Å². The van der Waals surface area contributed by atoms with Crippen molar-refractivity contribution in [2.75, 3.05) is 13.2 Å². The Balaban J connectivity index is 1.64. The number of unbranched alkanes of at least 4 members (excludes halogenated alkanes) is 1. The summed E-state index contributed by atoms with van der Waals surface area (Å²) >= 11 is 0. The number of hydrogen-bond acceptors (Lipinski definition) is 15. The third-order valence-electron chi connectivity index (χ3n) is 8.08. The highest BCUT2D eigenvalue weighted by Crippen LogP contribution is 2.24. The molecular weight excluding hydrogens is 770 g/mol. The Kier molecular flexibility index (Phi) is 18.7. The van der Waals surface area contributed by atoms with Crippen molar-refractivity contribution in [3.05, 3.63) is 71.3 Å². The van der Waals surface area contributed by atoms with Crippen LogP contribution >= 0.6 is 0 Å². The van der Waals surface area contributed by atoms with Crippen LogP contribution in [0, 0.1) is 5.92 Å². The molecule has 2 aromatic carbocycles. The standard InChI is InChI=1S/C36H47N7O15/c1-20(2)16-25(31(48)39-54-24(30(38)47)14-8-9-15-37)55-42-34(51)28(19-44)57-40-32(49)26(17-21-10-4-3-5-11-21)56-41-33(50)27(18-29(45)46)58-43-35(52)22-12-6-7-13-23(22)36(43)53/h3-7,10-13,20,24-28,44H,8-9,14-19,37H2,1-2H3,(H2,38,47)(H,39,48)(H,40,49)(H,41,50)(H,42,51)(H,45,46)/t24-,25-,26-,27-,28-/m1/s1. The number of fused-ring (bicyclic) bond motifs is 1. The van der Waals surface area contributed by atoms with Crippen LogP contribution in [0.5, 0.6) is 0 Å². The third kappa shape index (κ3) is 14.3. The first kappa shape index (κ1) is 46.5. The maximum Gasteiger partial charge on any atom is 0.306 e. The van der Waals surface area contributed by atoms with E-state index in [0.29, 0.717) is 24.9 Å². The number of benzene rings is 2. The normalized spacial score (nSPS) is 14.8. The molecule has 0 saturated carbocycles. The lowest BCUT2D eigenvalue weighted by molar-refractivity contribution is -0.182. The summed E-state index contributed by atoms with van der Waals surface area (Å²) in [6.45, 7) is 2.87. The fraction of sp³-hybridized carbons (Fsp3) is 0.444. The summed E-state index contributed by atoms with van der Waals surface area (Å²) in [5.41, 5.74) is 19.2. The van der Waals surface area contributed by atoms with E-state index >= 15 is 0 Å². The molecule has 3 rings (SSSR count). The molecule has 1 aliphatic heterocycles. The molecule has 1 aliphatic rings. The first-order valence-electron chi connectivity index (χ1n) is 18.0. The van der Waals surface area contributed by atoms with Crippen molar-refractivity contribution in [2.24, 2.45) is 17.4 Å². The lowest BCUT2D eigenvalue weighted by Gasteiger charge is -2.23. The summed E-state index contributed by atoms with van der Waals surface area (Å²) in [6.07, 6.45) is -7.96. The maximum absolute atomic E-state index is 13.3. The predicted octanol–water partition coefficient (Wildman–Crippen LogP) is -1.38. The molecule has 0 saturated heterocycles. The summed E-state index contributed by atoms with van der Waals surface area (Å²) < 4.78 is 0. The largest absolute Gasteiger partial charge is 0.481 e. The van der Waals surface area contributed by atoms with Gasteiger partial charge in [0.1, 0.15) is 0 Å². The van der Waals surface area contributed by atoms with Crippen molar-refractivity contribution >= 4 is 47.3 Å². The minimum Gasteiger partial charge on any atom is -0.481 e. The van der Waals surface area contributed by atoms with Gasteiger partial charge >= 0.3 is 5.97 Å². The number of aliphatic carboxylic acids is 1. The van der Waals surface area contributed by atoms with Gasteiger partial charge < -0.3 is 21.7 Å². The zero-order valence-electron chi connectivity index (χ0n) is 31.6. The second-order valence-corrected chi connectivity index (χ2v) is 13.1. The number of aliphatic hydroxyl groups is 1. The lowest BCUT2D eigenvalue weighted by Crippen LogP contribution is -2.50. The molecule has 0 radical (unpaired) electrons. The highest BCUT2D eigenvalue weighted by atomic mass is 16.7. The smallest absolute Gasteiger partial charge is 0.306 e. The summed E-state index contributed by atoms with van der Waals surface area (Å²) in [6, 6.07) is 13.9. The quantitative estimate of drug-likeness (QED) is 0.0308. The van der Waals surface area contributed by atoms with Crippen LogP contribution in [0.4, 0.5) is 0 Å². The van der Waals surface area contributed by atoms with Crippen LogP contribution in [0.15, 0.2) is 54.6 Å². The van der Waals surface area contributed by atoms with Gasteiger partial charge in [-0.2, -0.15) is 0 Å². The number of aliphatic hydroxyl groups excluding tert-OH is 1. The Morgan fingerprint density at radius 2 is 1.17 bits per heavy atom. The second-order valence-electron chi connectivity index (χ2n) is 13.1.